The quantitative estimate of drug-likeness (QED) is 0.722. The van der Waals surface area contributed by atoms with Crippen LogP contribution in [0.25, 0.3) is 0 Å². The average molecular weight is 224 g/mol. The van der Waals surface area contributed by atoms with Crippen molar-refractivity contribution in [2.75, 3.05) is 13.1 Å². The van der Waals surface area contributed by atoms with Crippen molar-refractivity contribution < 1.29 is 18.0 Å². The van der Waals surface area contributed by atoms with Gasteiger partial charge in [-0.3, -0.25) is 4.79 Å². The Balaban J connectivity index is 2.63. The van der Waals surface area contributed by atoms with Gasteiger partial charge in [0.05, 0.1) is 0 Å². The second kappa shape index (κ2) is 4.00. The fourth-order valence-electron chi connectivity index (χ4n) is 1.65. The summed E-state index contributed by atoms with van der Waals surface area (Å²) in [5.41, 5.74) is 4.85. The molecule has 0 aromatic rings. The first-order valence-electron chi connectivity index (χ1n) is 4.84. The Kier molecular flexibility index (Phi) is 3.28. The van der Waals surface area contributed by atoms with Crippen molar-refractivity contribution in [2.24, 2.45) is 17.6 Å². The molecule has 0 saturated carbocycles. The van der Waals surface area contributed by atoms with Crippen molar-refractivity contribution in [2.45, 2.75) is 26.1 Å². The summed E-state index contributed by atoms with van der Waals surface area (Å²) < 4.78 is 36.5. The van der Waals surface area contributed by atoms with Crippen LogP contribution in [0, 0.1) is 11.8 Å². The minimum atomic E-state index is -4.65. The summed E-state index contributed by atoms with van der Waals surface area (Å²) in [6.45, 7) is 4.56. The Labute approximate surface area is 86.4 Å². The lowest BCUT2D eigenvalue weighted by Gasteiger charge is -2.22. The van der Waals surface area contributed by atoms with E-state index in [4.69, 9.17) is 5.73 Å². The summed E-state index contributed by atoms with van der Waals surface area (Å²) in [6.07, 6.45) is -4.65. The van der Waals surface area contributed by atoms with Crippen molar-refractivity contribution in [3.05, 3.63) is 0 Å². The predicted molar refractivity (Wildman–Crippen MR) is 48.9 cm³/mol. The molecule has 1 saturated heterocycles. The number of halogens is 3. The standard InChI is InChI=1S/C9H15F3N2O/c1-5-3-14(4-6(5)2)8(15)7(13)9(10,11)12/h5-7H,3-4,13H2,1-2H3. The smallest absolute Gasteiger partial charge is 0.340 e. The van der Waals surface area contributed by atoms with E-state index < -0.39 is 18.1 Å². The fraction of sp³-hybridized carbons (Fsp3) is 0.889. The van der Waals surface area contributed by atoms with Gasteiger partial charge in [-0.2, -0.15) is 13.2 Å². The molecule has 1 aliphatic rings. The maximum atomic E-state index is 12.2. The van der Waals surface area contributed by atoms with E-state index in [0.29, 0.717) is 13.1 Å². The highest BCUT2D eigenvalue weighted by Crippen LogP contribution is 2.26. The first-order chi connectivity index (χ1) is 6.73. The van der Waals surface area contributed by atoms with Crippen molar-refractivity contribution >= 4 is 5.91 Å². The molecule has 15 heavy (non-hydrogen) atoms. The molecule has 88 valence electrons. The zero-order chi connectivity index (χ0) is 11.8. The molecular formula is C9H15F3N2O. The number of hydrogen-bond acceptors (Lipinski definition) is 2. The molecule has 0 spiro atoms. The number of amides is 1. The van der Waals surface area contributed by atoms with E-state index in [0.717, 1.165) is 0 Å². The van der Waals surface area contributed by atoms with E-state index in [-0.39, 0.29) is 11.8 Å². The van der Waals surface area contributed by atoms with Crippen LogP contribution >= 0.6 is 0 Å². The van der Waals surface area contributed by atoms with Gasteiger partial charge in [0.2, 0.25) is 5.91 Å². The third kappa shape index (κ3) is 2.62. The second-order valence-corrected chi connectivity index (χ2v) is 4.22. The van der Waals surface area contributed by atoms with Gasteiger partial charge < -0.3 is 10.6 Å². The lowest BCUT2D eigenvalue weighted by atomic mass is 10.0. The number of hydrogen-bond donors (Lipinski definition) is 1. The predicted octanol–water partition coefficient (Wildman–Crippen LogP) is 0.990. The average Bonchev–Trinajstić information content (AvgIpc) is 2.43. The molecule has 3 atom stereocenters. The van der Waals surface area contributed by atoms with Crippen molar-refractivity contribution in [1.82, 2.24) is 4.90 Å². The van der Waals surface area contributed by atoms with Gasteiger partial charge in [0.25, 0.3) is 0 Å². The van der Waals surface area contributed by atoms with Crippen LogP contribution < -0.4 is 5.73 Å². The Morgan fingerprint density at radius 3 is 2.07 bits per heavy atom. The zero-order valence-electron chi connectivity index (χ0n) is 8.71. The Morgan fingerprint density at radius 1 is 1.33 bits per heavy atom. The minimum absolute atomic E-state index is 0.231. The van der Waals surface area contributed by atoms with Crippen LogP contribution in [0.15, 0.2) is 0 Å². The zero-order valence-corrected chi connectivity index (χ0v) is 8.71. The molecule has 3 nitrogen and oxygen atoms in total. The molecule has 1 aliphatic heterocycles. The van der Waals surface area contributed by atoms with Crippen LogP contribution in [0.5, 0.6) is 0 Å². The number of nitrogens with two attached hydrogens (primary N) is 1. The highest BCUT2D eigenvalue weighted by molar-refractivity contribution is 5.82. The lowest BCUT2D eigenvalue weighted by Crippen LogP contribution is -2.51. The van der Waals surface area contributed by atoms with Crippen LogP contribution in [0.1, 0.15) is 13.8 Å². The summed E-state index contributed by atoms with van der Waals surface area (Å²) in [5, 5.41) is 0. The summed E-state index contributed by atoms with van der Waals surface area (Å²) in [7, 11) is 0. The largest absolute Gasteiger partial charge is 0.412 e. The van der Waals surface area contributed by atoms with Gasteiger partial charge in [-0.05, 0) is 11.8 Å². The summed E-state index contributed by atoms with van der Waals surface area (Å²) >= 11 is 0. The molecule has 0 bridgehead atoms. The van der Waals surface area contributed by atoms with Gasteiger partial charge in [0, 0.05) is 13.1 Å². The number of rotatable bonds is 1. The van der Waals surface area contributed by atoms with Gasteiger partial charge in [-0.25, -0.2) is 0 Å². The first-order valence-corrected chi connectivity index (χ1v) is 4.84. The van der Waals surface area contributed by atoms with E-state index in [1.54, 1.807) is 0 Å². The molecule has 1 heterocycles. The number of nitrogens with zero attached hydrogens (tertiary/aromatic N) is 1. The number of alkyl halides is 3. The summed E-state index contributed by atoms with van der Waals surface area (Å²) in [5.74, 6) is -0.553. The SMILES string of the molecule is CC1CN(C(=O)C(N)C(F)(F)F)CC1C. The van der Waals surface area contributed by atoms with E-state index in [2.05, 4.69) is 0 Å². The van der Waals surface area contributed by atoms with Gasteiger partial charge in [0.1, 0.15) is 0 Å². The maximum Gasteiger partial charge on any atom is 0.412 e. The highest BCUT2D eigenvalue weighted by Gasteiger charge is 2.45. The molecule has 1 rings (SSSR count). The third-order valence-corrected chi connectivity index (χ3v) is 2.92. The van der Waals surface area contributed by atoms with Crippen molar-refractivity contribution in [1.29, 1.82) is 0 Å². The number of likely N-dealkylation sites (tertiary alicyclic amines) is 1. The number of carbonyl (C=O) groups is 1. The number of carbonyl (C=O) groups excluding carboxylic acids is 1. The van der Waals surface area contributed by atoms with Crippen LogP contribution in [0.2, 0.25) is 0 Å². The van der Waals surface area contributed by atoms with Gasteiger partial charge >= 0.3 is 6.18 Å². The fourth-order valence-corrected chi connectivity index (χ4v) is 1.65. The Morgan fingerprint density at radius 2 is 1.73 bits per heavy atom. The van der Waals surface area contributed by atoms with Crippen molar-refractivity contribution in [3.63, 3.8) is 0 Å². The lowest BCUT2D eigenvalue weighted by molar-refractivity contribution is -0.169. The van der Waals surface area contributed by atoms with Gasteiger partial charge in [0.15, 0.2) is 6.04 Å². The monoisotopic (exact) mass is 224 g/mol. The molecule has 1 fully saturated rings. The Hall–Kier alpha value is -0.780. The van der Waals surface area contributed by atoms with E-state index in [1.807, 2.05) is 13.8 Å². The van der Waals surface area contributed by atoms with E-state index in [9.17, 15) is 18.0 Å². The minimum Gasteiger partial charge on any atom is -0.340 e. The molecule has 6 heteroatoms. The summed E-state index contributed by atoms with van der Waals surface area (Å²) in [4.78, 5) is 12.6. The van der Waals surface area contributed by atoms with Crippen LogP contribution in [-0.4, -0.2) is 36.1 Å². The molecule has 0 aliphatic carbocycles. The van der Waals surface area contributed by atoms with E-state index >= 15 is 0 Å². The topological polar surface area (TPSA) is 46.3 Å². The molecular weight excluding hydrogens is 209 g/mol. The molecule has 0 aromatic heterocycles. The molecule has 2 N–H and O–H groups in total. The molecule has 0 aromatic carbocycles. The van der Waals surface area contributed by atoms with Crippen molar-refractivity contribution in [3.8, 4) is 0 Å². The van der Waals surface area contributed by atoms with E-state index in [1.165, 1.54) is 4.90 Å². The maximum absolute atomic E-state index is 12.2. The van der Waals surface area contributed by atoms with Crippen LogP contribution in [0.4, 0.5) is 13.2 Å². The van der Waals surface area contributed by atoms with Crippen LogP contribution in [-0.2, 0) is 4.79 Å². The Bertz CT molecular complexity index is 244. The third-order valence-electron chi connectivity index (χ3n) is 2.92. The normalized spacial score (nSPS) is 29.3. The van der Waals surface area contributed by atoms with Crippen LogP contribution in [0.3, 0.4) is 0 Å². The summed E-state index contributed by atoms with van der Waals surface area (Å²) in [6, 6.07) is -2.38. The van der Waals surface area contributed by atoms with Gasteiger partial charge in [-0.15, -0.1) is 0 Å². The second-order valence-electron chi connectivity index (χ2n) is 4.22. The van der Waals surface area contributed by atoms with Gasteiger partial charge in [-0.1, -0.05) is 13.8 Å². The highest BCUT2D eigenvalue weighted by atomic mass is 19.4. The molecule has 1 amide bonds. The molecule has 3 unspecified atom stereocenters. The first kappa shape index (κ1) is 12.3. The molecule has 0 radical (unpaired) electrons.